The summed E-state index contributed by atoms with van der Waals surface area (Å²) in [4.78, 5) is 14.8. The Labute approximate surface area is 110 Å². The molecule has 0 spiro atoms. The van der Waals surface area contributed by atoms with Crippen molar-refractivity contribution in [2.24, 2.45) is 5.92 Å². The molecule has 0 aromatic heterocycles. The summed E-state index contributed by atoms with van der Waals surface area (Å²) in [5.41, 5.74) is 0. The predicted octanol–water partition coefficient (Wildman–Crippen LogP) is 1.40. The molecule has 2 rings (SSSR count). The Balaban J connectivity index is 2.04. The average Bonchev–Trinajstić information content (AvgIpc) is 2.77. The first-order valence-corrected chi connectivity index (χ1v) is 7.28. The number of rotatable bonds is 3. The number of likely N-dealkylation sites (tertiary alicyclic amines) is 1. The van der Waals surface area contributed by atoms with Crippen LogP contribution in [-0.4, -0.2) is 48.7 Å². The first-order chi connectivity index (χ1) is 8.65. The van der Waals surface area contributed by atoms with E-state index >= 15 is 0 Å². The lowest BCUT2D eigenvalue weighted by atomic mass is 9.93. The van der Waals surface area contributed by atoms with Crippen molar-refractivity contribution in [2.45, 2.75) is 58.2 Å². The van der Waals surface area contributed by atoms with Gasteiger partial charge in [-0.05, 0) is 39.7 Å². The number of carbonyl (C=O) groups excluding carboxylic acids is 1. The highest BCUT2D eigenvalue weighted by Crippen LogP contribution is 2.27. The van der Waals surface area contributed by atoms with Gasteiger partial charge in [0.05, 0.1) is 19.1 Å². The van der Waals surface area contributed by atoms with Crippen LogP contribution in [0, 0.1) is 5.92 Å². The van der Waals surface area contributed by atoms with Crippen LogP contribution in [-0.2, 0) is 9.53 Å². The molecule has 4 heteroatoms. The molecule has 18 heavy (non-hydrogen) atoms. The van der Waals surface area contributed by atoms with Gasteiger partial charge in [0.15, 0.2) is 0 Å². The molecule has 1 amide bonds. The minimum atomic E-state index is 0.00736. The molecule has 0 radical (unpaired) electrons. The van der Waals surface area contributed by atoms with Crippen LogP contribution in [0.2, 0.25) is 0 Å². The van der Waals surface area contributed by atoms with Gasteiger partial charge in [-0.25, -0.2) is 0 Å². The summed E-state index contributed by atoms with van der Waals surface area (Å²) in [6, 6.07) is 0.956. The highest BCUT2D eigenvalue weighted by molar-refractivity contribution is 5.80. The number of carbonyl (C=O) groups is 1. The highest BCUT2D eigenvalue weighted by Gasteiger charge is 2.39. The van der Waals surface area contributed by atoms with Crippen LogP contribution >= 0.6 is 0 Å². The van der Waals surface area contributed by atoms with Crippen LogP contribution in [0.15, 0.2) is 0 Å². The molecule has 0 aromatic carbocycles. The van der Waals surface area contributed by atoms with E-state index in [0.717, 1.165) is 19.4 Å². The maximum atomic E-state index is 12.7. The van der Waals surface area contributed by atoms with E-state index in [4.69, 9.17) is 4.74 Å². The van der Waals surface area contributed by atoms with Gasteiger partial charge in [-0.2, -0.15) is 0 Å². The molecule has 1 N–H and O–H groups in total. The van der Waals surface area contributed by atoms with E-state index in [1.54, 1.807) is 0 Å². The number of amides is 1. The van der Waals surface area contributed by atoms with Gasteiger partial charge >= 0.3 is 0 Å². The van der Waals surface area contributed by atoms with Gasteiger partial charge < -0.3 is 15.0 Å². The molecular weight excluding hydrogens is 228 g/mol. The third kappa shape index (κ3) is 2.69. The number of piperidine rings is 1. The van der Waals surface area contributed by atoms with Crippen LogP contribution in [0.1, 0.15) is 40.0 Å². The molecule has 104 valence electrons. The molecule has 4 unspecified atom stereocenters. The van der Waals surface area contributed by atoms with Gasteiger partial charge in [0.1, 0.15) is 0 Å². The Bertz CT molecular complexity index is 286. The maximum absolute atomic E-state index is 12.7. The number of hydrogen-bond donors (Lipinski definition) is 1. The third-order valence-electron chi connectivity index (χ3n) is 4.31. The first-order valence-electron chi connectivity index (χ1n) is 7.28. The largest absolute Gasteiger partial charge is 0.379 e. The number of hydrogen-bond acceptors (Lipinski definition) is 3. The van der Waals surface area contributed by atoms with E-state index in [1.165, 1.54) is 6.42 Å². The van der Waals surface area contributed by atoms with Gasteiger partial charge in [-0.15, -0.1) is 0 Å². The number of nitrogens with zero attached hydrogens (tertiary/aromatic N) is 1. The predicted molar refractivity (Wildman–Crippen MR) is 71.4 cm³/mol. The second kappa shape index (κ2) is 6.02. The van der Waals surface area contributed by atoms with Gasteiger partial charge in [0.2, 0.25) is 5.91 Å². The minimum Gasteiger partial charge on any atom is -0.379 e. The number of ether oxygens (including phenoxy) is 1. The summed E-state index contributed by atoms with van der Waals surface area (Å²) in [6.07, 6.45) is 3.51. The molecule has 2 saturated heterocycles. The van der Waals surface area contributed by atoms with Crippen molar-refractivity contribution in [1.82, 2.24) is 10.2 Å². The SMILES string of the molecule is CCNC1COCC1C(=O)N1C(C)CCCC1C. The lowest BCUT2D eigenvalue weighted by Crippen LogP contribution is -2.53. The standard InChI is InChI=1S/C14H26N2O2/c1-4-15-13-9-18-8-12(13)14(17)16-10(2)6-5-7-11(16)3/h10-13,15H,4-9H2,1-3H3. The maximum Gasteiger partial charge on any atom is 0.230 e. The Morgan fingerprint density at radius 1 is 1.28 bits per heavy atom. The van der Waals surface area contributed by atoms with Gasteiger partial charge in [0, 0.05) is 18.1 Å². The van der Waals surface area contributed by atoms with Crippen molar-refractivity contribution in [3.05, 3.63) is 0 Å². The van der Waals surface area contributed by atoms with Crippen molar-refractivity contribution >= 4 is 5.91 Å². The summed E-state index contributed by atoms with van der Waals surface area (Å²) in [5.74, 6) is 0.297. The Morgan fingerprint density at radius 2 is 1.94 bits per heavy atom. The zero-order valence-electron chi connectivity index (χ0n) is 11.8. The minimum absolute atomic E-state index is 0.00736. The summed E-state index contributed by atoms with van der Waals surface area (Å²) >= 11 is 0. The second-order valence-corrected chi connectivity index (χ2v) is 5.68. The molecule has 0 aromatic rings. The monoisotopic (exact) mass is 254 g/mol. The van der Waals surface area contributed by atoms with Crippen LogP contribution in [0.5, 0.6) is 0 Å². The third-order valence-corrected chi connectivity index (χ3v) is 4.31. The van der Waals surface area contributed by atoms with E-state index in [1.807, 2.05) is 0 Å². The second-order valence-electron chi connectivity index (χ2n) is 5.68. The first kappa shape index (κ1) is 13.8. The lowest BCUT2D eigenvalue weighted by molar-refractivity contribution is -0.142. The van der Waals surface area contributed by atoms with Crippen molar-refractivity contribution in [1.29, 1.82) is 0 Å². The fourth-order valence-electron chi connectivity index (χ4n) is 3.31. The number of nitrogens with one attached hydrogen (secondary N) is 1. The lowest BCUT2D eigenvalue weighted by Gasteiger charge is -2.41. The quantitative estimate of drug-likeness (QED) is 0.828. The Hall–Kier alpha value is -0.610. The van der Waals surface area contributed by atoms with Crippen molar-refractivity contribution < 1.29 is 9.53 Å². The fourth-order valence-corrected chi connectivity index (χ4v) is 3.31. The zero-order valence-corrected chi connectivity index (χ0v) is 11.8. The summed E-state index contributed by atoms with van der Waals surface area (Å²) in [7, 11) is 0. The topological polar surface area (TPSA) is 41.6 Å². The van der Waals surface area contributed by atoms with Crippen LogP contribution < -0.4 is 5.32 Å². The van der Waals surface area contributed by atoms with E-state index in [0.29, 0.717) is 25.3 Å². The van der Waals surface area contributed by atoms with Crippen molar-refractivity contribution in [3.63, 3.8) is 0 Å². The Morgan fingerprint density at radius 3 is 2.56 bits per heavy atom. The molecule has 2 heterocycles. The Kier molecular flexibility index (Phi) is 4.62. The molecule has 2 fully saturated rings. The van der Waals surface area contributed by atoms with Gasteiger partial charge in [-0.3, -0.25) is 4.79 Å². The zero-order chi connectivity index (χ0) is 13.1. The fraction of sp³-hybridized carbons (Fsp3) is 0.929. The van der Waals surface area contributed by atoms with Gasteiger partial charge in [0.25, 0.3) is 0 Å². The molecule has 4 nitrogen and oxygen atoms in total. The molecule has 0 aliphatic carbocycles. The van der Waals surface area contributed by atoms with Crippen molar-refractivity contribution in [2.75, 3.05) is 19.8 Å². The van der Waals surface area contributed by atoms with Crippen molar-refractivity contribution in [3.8, 4) is 0 Å². The molecule has 2 aliphatic heterocycles. The number of likely N-dealkylation sites (N-methyl/N-ethyl adjacent to an activating group) is 1. The van der Waals surface area contributed by atoms with Crippen LogP contribution in [0.4, 0.5) is 0 Å². The van der Waals surface area contributed by atoms with Crippen LogP contribution in [0.25, 0.3) is 0 Å². The highest BCUT2D eigenvalue weighted by atomic mass is 16.5. The smallest absolute Gasteiger partial charge is 0.230 e. The summed E-state index contributed by atoms with van der Waals surface area (Å²) < 4.78 is 5.49. The van der Waals surface area contributed by atoms with E-state index in [-0.39, 0.29) is 17.9 Å². The molecular formula is C14H26N2O2. The van der Waals surface area contributed by atoms with E-state index in [9.17, 15) is 4.79 Å². The van der Waals surface area contributed by atoms with E-state index in [2.05, 4.69) is 31.0 Å². The molecule has 2 aliphatic rings. The van der Waals surface area contributed by atoms with E-state index < -0.39 is 0 Å². The molecule has 0 bridgehead atoms. The summed E-state index contributed by atoms with van der Waals surface area (Å²) in [5, 5.41) is 3.37. The normalized spacial score (nSPS) is 36.9. The average molecular weight is 254 g/mol. The van der Waals surface area contributed by atoms with Crippen LogP contribution in [0.3, 0.4) is 0 Å². The van der Waals surface area contributed by atoms with Gasteiger partial charge in [-0.1, -0.05) is 6.92 Å². The summed E-state index contributed by atoms with van der Waals surface area (Å²) in [6.45, 7) is 8.56. The molecule has 0 saturated carbocycles. The molecule has 4 atom stereocenters.